The van der Waals surface area contributed by atoms with Crippen molar-refractivity contribution in [3.05, 3.63) is 64.3 Å². The highest BCUT2D eigenvalue weighted by molar-refractivity contribution is 6.33. The number of nitrogens with one attached hydrogen (secondary N) is 2. The van der Waals surface area contributed by atoms with Gasteiger partial charge in [-0.1, -0.05) is 41.4 Å². The molecule has 0 saturated carbocycles. The minimum Gasteiger partial charge on any atom is -0.365 e. The summed E-state index contributed by atoms with van der Waals surface area (Å²) in [5.41, 5.74) is 4.81. The fourth-order valence-electron chi connectivity index (χ4n) is 3.10. The maximum atomic E-state index is 11.0. The molecule has 0 aliphatic carbocycles. The quantitative estimate of drug-likeness (QED) is 0.403. The van der Waals surface area contributed by atoms with Crippen LogP contribution < -0.4 is 10.8 Å². The first-order chi connectivity index (χ1) is 13.0. The lowest BCUT2D eigenvalue weighted by Gasteiger charge is -2.18. The van der Waals surface area contributed by atoms with E-state index >= 15 is 0 Å². The maximum absolute atomic E-state index is 11.0. The van der Waals surface area contributed by atoms with E-state index in [1.807, 2.05) is 0 Å². The van der Waals surface area contributed by atoms with E-state index in [-0.39, 0.29) is 0 Å². The molecule has 1 amide bonds. The summed E-state index contributed by atoms with van der Waals surface area (Å²) >= 11 is 6.32. The van der Waals surface area contributed by atoms with Crippen molar-refractivity contribution in [2.75, 3.05) is 18.4 Å². The Labute approximate surface area is 163 Å². The molecule has 1 aromatic heterocycles. The Hall–Kier alpha value is -2.41. The molecule has 1 fully saturated rings. The highest BCUT2D eigenvalue weighted by Crippen LogP contribution is 2.24. The number of hydrogen-bond acceptors (Lipinski definition) is 5. The van der Waals surface area contributed by atoms with E-state index in [1.165, 1.54) is 28.8 Å². The van der Waals surface area contributed by atoms with Gasteiger partial charge in [0.1, 0.15) is 5.82 Å². The van der Waals surface area contributed by atoms with Crippen molar-refractivity contribution < 1.29 is 10.0 Å². The number of benzene rings is 1. The summed E-state index contributed by atoms with van der Waals surface area (Å²) in [6, 6.07) is 10.7. The summed E-state index contributed by atoms with van der Waals surface area (Å²) in [7, 11) is 0. The number of hydrogen-bond donors (Lipinski definition) is 3. The Kier molecular flexibility index (Phi) is 6.45. The number of nitrogens with zero attached hydrogens (tertiary/aromatic N) is 2. The number of rotatable bonds is 6. The number of pyridine rings is 1. The SMILES string of the molecule is Cc1ccc(CN2CC[C@@H](Nc3ncc(/C=C/C(=O)NO)cc3Cl)C2)cc1. The number of hydroxylamine groups is 1. The molecule has 7 heteroatoms. The van der Waals surface area contributed by atoms with Crippen LogP contribution >= 0.6 is 11.6 Å². The number of anilines is 1. The monoisotopic (exact) mass is 386 g/mol. The second kappa shape index (κ2) is 8.99. The zero-order valence-corrected chi connectivity index (χ0v) is 15.9. The van der Waals surface area contributed by atoms with Gasteiger partial charge in [-0.2, -0.15) is 0 Å². The first-order valence-corrected chi connectivity index (χ1v) is 9.23. The zero-order valence-electron chi connectivity index (χ0n) is 15.2. The maximum Gasteiger partial charge on any atom is 0.267 e. The lowest BCUT2D eigenvalue weighted by molar-refractivity contribution is -0.124. The predicted octanol–water partition coefficient (Wildman–Crippen LogP) is 3.25. The second-order valence-electron chi connectivity index (χ2n) is 6.76. The van der Waals surface area contributed by atoms with E-state index in [9.17, 15) is 4.79 Å². The number of aromatic nitrogens is 1. The summed E-state index contributed by atoms with van der Waals surface area (Å²) in [4.78, 5) is 17.8. The van der Waals surface area contributed by atoms with E-state index in [0.29, 0.717) is 22.4 Å². The molecule has 6 nitrogen and oxygen atoms in total. The number of aryl methyl sites for hydroxylation is 1. The van der Waals surface area contributed by atoms with Crippen LogP contribution in [0.5, 0.6) is 0 Å². The summed E-state index contributed by atoms with van der Waals surface area (Å²) in [5.74, 6) is 0.0376. The smallest absolute Gasteiger partial charge is 0.267 e. The van der Waals surface area contributed by atoms with Crippen molar-refractivity contribution in [1.29, 1.82) is 0 Å². The number of likely N-dealkylation sites (tertiary alicyclic amines) is 1. The highest BCUT2D eigenvalue weighted by Gasteiger charge is 2.23. The van der Waals surface area contributed by atoms with Crippen molar-refractivity contribution >= 4 is 29.4 Å². The zero-order chi connectivity index (χ0) is 19.2. The fraction of sp³-hybridized carbons (Fsp3) is 0.300. The third kappa shape index (κ3) is 5.53. The van der Waals surface area contributed by atoms with Gasteiger partial charge in [0.2, 0.25) is 0 Å². The molecule has 27 heavy (non-hydrogen) atoms. The van der Waals surface area contributed by atoms with Gasteiger partial charge in [-0.25, -0.2) is 10.5 Å². The average Bonchev–Trinajstić information content (AvgIpc) is 3.10. The lowest BCUT2D eigenvalue weighted by Crippen LogP contribution is -2.26. The van der Waals surface area contributed by atoms with Gasteiger partial charge in [0.15, 0.2) is 0 Å². The molecule has 0 spiro atoms. The van der Waals surface area contributed by atoms with Crippen LogP contribution in [0.3, 0.4) is 0 Å². The minimum atomic E-state index is -0.604. The number of amides is 1. The Balaban J connectivity index is 1.55. The van der Waals surface area contributed by atoms with Crippen LogP contribution in [-0.2, 0) is 11.3 Å². The molecular weight excluding hydrogens is 364 g/mol. The third-order valence-electron chi connectivity index (χ3n) is 4.54. The summed E-state index contributed by atoms with van der Waals surface area (Å²) in [6.45, 7) is 5.00. The second-order valence-corrected chi connectivity index (χ2v) is 7.17. The van der Waals surface area contributed by atoms with Crippen molar-refractivity contribution in [2.24, 2.45) is 0 Å². The Morgan fingerprint density at radius 3 is 2.89 bits per heavy atom. The molecule has 3 rings (SSSR count). The van der Waals surface area contributed by atoms with Gasteiger partial charge in [-0.05, 0) is 36.6 Å². The van der Waals surface area contributed by atoms with Crippen LogP contribution in [0.15, 0.2) is 42.6 Å². The van der Waals surface area contributed by atoms with Gasteiger partial charge in [0.25, 0.3) is 5.91 Å². The fourth-order valence-corrected chi connectivity index (χ4v) is 3.33. The van der Waals surface area contributed by atoms with Crippen LogP contribution in [0.25, 0.3) is 6.08 Å². The number of carbonyl (C=O) groups excluding carboxylic acids is 1. The van der Waals surface area contributed by atoms with Gasteiger partial charge in [-0.15, -0.1) is 0 Å². The van der Waals surface area contributed by atoms with Crippen LogP contribution in [0.1, 0.15) is 23.1 Å². The first-order valence-electron chi connectivity index (χ1n) is 8.85. The lowest BCUT2D eigenvalue weighted by atomic mass is 10.1. The third-order valence-corrected chi connectivity index (χ3v) is 4.83. The molecule has 142 valence electrons. The van der Waals surface area contributed by atoms with Crippen molar-refractivity contribution in [3.63, 3.8) is 0 Å². The normalized spacial score (nSPS) is 17.4. The molecule has 1 aromatic carbocycles. The van der Waals surface area contributed by atoms with Crippen LogP contribution in [0.2, 0.25) is 5.02 Å². The molecule has 1 aliphatic rings. The molecule has 1 saturated heterocycles. The molecule has 2 heterocycles. The van der Waals surface area contributed by atoms with Gasteiger partial charge in [0, 0.05) is 37.9 Å². The molecule has 1 aliphatic heterocycles. The summed E-state index contributed by atoms with van der Waals surface area (Å²) in [5, 5.41) is 12.4. The van der Waals surface area contributed by atoms with Crippen molar-refractivity contribution in [3.8, 4) is 0 Å². The van der Waals surface area contributed by atoms with E-state index in [4.69, 9.17) is 16.8 Å². The van der Waals surface area contributed by atoms with Gasteiger partial charge < -0.3 is 5.32 Å². The standard InChI is InChI=1S/C20H23ClN4O2/c1-14-2-4-15(5-3-14)12-25-9-8-17(13-25)23-20-18(21)10-16(11-22-20)6-7-19(26)24-27/h2-7,10-11,17,27H,8-9,12-13H2,1H3,(H,22,23)(H,24,26)/b7-6+/t17-/m1/s1. The molecular formula is C20H23ClN4O2. The summed E-state index contributed by atoms with van der Waals surface area (Å²) in [6.07, 6.45) is 5.41. The Bertz CT molecular complexity index is 823. The Morgan fingerprint density at radius 2 is 2.19 bits per heavy atom. The molecule has 0 unspecified atom stereocenters. The number of carbonyl (C=O) groups is 1. The topological polar surface area (TPSA) is 77.5 Å². The Morgan fingerprint density at radius 1 is 1.41 bits per heavy atom. The average molecular weight is 387 g/mol. The highest BCUT2D eigenvalue weighted by atomic mass is 35.5. The molecule has 1 atom stereocenters. The molecule has 0 radical (unpaired) electrons. The molecule has 3 N–H and O–H groups in total. The van der Waals surface area contributed by atoms with E-state index < -0.39 is 5.91 Å². The van der Waals surface area contributed by atoms with E-state index in [1.54, 1.807) is 12.3 Å². The first kappa shape index (κ1) is 19.4. The van der Waals surface area contributed by atoms with E-state index in [0.717, 1.165) is 26.1 Å². The minimum absolute atomic E-state index is 0.294. The largest absolute Gasteiger partial charge is 0.365 e. The molecule has 2 aromatic rings. The van der Waals surface area contributed by atoms with Gasteiger partial charge in [-0.3, -0.25) is 14.9 Å². The van der Waals surface area contributed by atoms with Crippen LogP contribution in [0.4, 0.5) is 5.82 Å². The van der Waals surface area contributed by atoms with Crippen LogP contribution in [-0.4, -0.2) is 40.1 Å². The van der Waals surface area contributed by atoms with Gasteiger partial charge in [0.05, 0.1) is 5.02 Å². The van der Waals surface area contributed by atoms with Crippen molar-refractivity contribution in [2.45, 2.75) is 25.9 Å². The van der Waals surface area contributed by atoms with Gasteiger partial charge >= 0.3 is 0 Å². The number of halogens is 1. The van der Waals surface area contributed by atoms with Crippen LogP contribution in [0, 0.1) is 6.92 Å². The molecule has 0 bridgehead atoms. The predicted molar refractivity (Wildman–Crippen MR) is 107 cm³/mol. The summed E-state index contributed by atoms with van der Waals surface area (Å²) < 4.78 is 0. The van der Waals surface area contributed by atoms with Crippen molar-refractivity contribution in [1.82, 2.24) is 15.4 Å². The van der Waals surface area contributed by atoms with E-state index in [2.05, 4.69) is 46.4 Å².